The van der Waals surface area contributed by atoms with Crippen molar-refractivity contribution < 1.29 is 4.79 Å². The SMILES string of the molecule is O=C(Nc1cnn2c1CCCC2)c1cccn1Cc1ccccc1. The van der Waals surface area contributed by atoms with Gasteiger partial charge in [-0.15, -0.1) is 0 Å². The minimum atomic E-state index is -0.0858. The van der Waals surface area contributed by atoms with Crippen LogP contribution in [0.1, 0.15) is 34.6 Å². The molecule has 3 aromatic rings. The molecule has 0 saturated heterocycles. The highest BCUT2D eigenvalue weighted by Crippen LogP contribution is 2.23. The number of rotatable bonds is 4. The summed E-state index contributed by atoms with van der Waals surface area (Å²) in [5.74, 6) is -0.0858. The average Bonchev–Trinajstić information content (AvgIpc) is 3.23. The van der Waals surface area contributed by atoms with Gasteiger partial charge in [-0.2, -0.15) is 5.10 Å². The van der Waals surface area contributed by atoms with Crippen LogP contribution in [0.25, 0.3) is 0 Å². The van der Waals surface area contributed by atoms with Crippen molar-refractivity contribution in [1.29, 1.82) is 0 Å². The van der Waals surface area contributed by atoms with Gasteiger partial charge in [0.1, 0.15) is 5.69 Å². The Balaban J connectivity index is 1.53. The van der Waals surface area contributed by atoms with Gasteiger partial charge in [0.2, 0.25) is 0 Å². The van der Waals surface area contributed by atoms with Crippen LogP contribution in [0.5, 0.6) is 0 Å². The Kier molecular flexibility index (Phi) is 3.91. The highest BCUT2D eigenvalue weighted by atomic mass is 16.2. The summed E-state index contributed by atoms with van der Waals surface area (Å²) in [5.41, 5.74) is 3.81. The number of carbonyl (C=O) groups is 1. The van der Waals surface area contributed by atoms with Gasteiger partial charge in [-0.25, -0.2) is 0 Å². The van der Waals surface area contributed by atoms with Gasteiger partial charge in [-0.3, -0.25) is 9.48 Å². The first-order valence-electron chi connectivity index (χ1n) is 8.36. The molecule has 1 aliphatic heterocycles. The van der Waals surface area contributed by atoms with Crippen LogP contribution in [0.15, 0.2) is 54.9 Å². The van der Waals surface area contributed by atoms with Gasteiger partial charge in [0.05, 0.1) is 17.6 Å². The molecule has 0 atom stereocenters. The molecule has 0 bridgehead atoms. The smallest absolute Gasteiger partial charge is 0.272 e. The number of nitrogens with one attached hydrogen (secondary N) is 1. The van der Waals surface area contributed by atoms with Gasteiger partial charge in [0.15, 0.2) is 0 Å². The van der Waals surface area contributed by atoms with E-state index < -0.39 is 0 Å². The van der Waals surface area contributed by atoms with Crippen LogP contribution in [-0.2, 0) is 19.5 Å². The topological polar surface area (TPSA) is 51.9 Å². The van der Waals surface area contributed by atoms with E-state index in [-0.39, 0.29) is 5.91 Å². The second-order valence-electron chi connectivity index (χ2n) is 6.15. The van der Waals surface area contributed by atoms with Gasteiger partial charge in [0, 0.05) is 19.3 Å². The number of anilines is 1. The first kappa shape index (κ1) is 14.8. The Hall–Kier alpha value is -2.82. The van der Waals surface area contributed by atoms with Crippen molar-refractivity contribution in [3.63, 3.8) is 0 Å². The lowest BCUT2D eigenvalue weighted by atomic mass is 10.1. The third-order valence-corrected chi connectivity index (χ3v) is 4.49. The Labute approximate surface area is 140 Å². The van der Waals surface area contributed by atoms with Crippen LogP contribution in [-0.4, -0.2) is 20.3 Å². The Morgan fingerprint density at radius 3 is 2.88 bits per heavy atom. The van der Waals surface area contributed by atoms with E-state index in [4.69, 9.17) is 0 Å². The molecule has 0 spiro atoms. The van der Waals surface area contributed by atoms with Gasteiger partial charge in [-0.05, 0) is 37.0 Å². The summed E-state index contributed by atoms with van der Waals surface area (Å²) in [4.78, 5) is 12.7. The standard InChI is InChI=1S/C19H20N4O/c24-19(21-16-13-20-23-12-5-4-9-17(16)23)18-10-6-11-22(18)14-15-7-2-1-3-8-15/h1-3,6-8,10-11,13H,4-5,9,12,14H2,(H,21,24). The summed E-state index contributed by atoms with van der Waals surface area (Å²) >= 11 is 0. The lowest BCUT2D eigenvalue weighted by Gasteiger charge is -2.15. The normalized spacial score (nSPS) is 13.5. The summed E-state index contributed by atoms with van der Waals surface area (Å²) in [6.45, 7) is 1.62. The average molecular weight is 320 g/mol. The molecule has 24 heavy (non-hydrogen) atoms. The fraction of sp³-hybridized carbons (Fsp3) is 0.263. The Bertz CT molecular complexity index is 847. The van der Waals surface area contributed by atoms with E-state index in [1.165, 1.54) is 5.56 Å². The van der Waals surface area contributed by atoms with Crippen molar-refractivity contribution in [3.8, 4) is 0 Å². The van der Waals surface area contributed by atoms with Gasteiger partial charge >= 0.3 is 0 Å². The second kappa shape index (κ2) is 6.35. The van der Waals surface area contributed by atoms with Crippen LogP contribution in [0.3, 0.4) is 0 Å². The molecular formula is C19H20N4O. The summed E-state index contributed by atoms with van der Waals surface area (Å²) in [5, 5.41) is 7.41. The number of fused-ring (bicyclic) bond motifs is 1. The summed E-state index contributed by atoms with van der Waals surface area (Å²) in [6, 6.07) is 13.9. The lowest BCUT2D eigenvalue weighted by Crippen LogP contribution is -2.19. The lowest BCUT2D eigenvalue weighted by molar-refractivity contribution is 0.101. The molecule has 5 heteroatoms. The zero-order valence-electron chi connectivity index (χ0n) is 13.5. The minimum Gasteiger partial charge on any atom is -0.339 e. The molecule has 3 heterocycles. The number of hydrogen-bond donors (Lipinski definition) is 1. The molecule has 0 unspecified atom stereocenters. The highest BCUT2D eigenvalue weighted by molar-refractivity contribution is 6.03. The molecule has 1 aromatic carbocycles. The monoisotopic (exact) mass is 320 g/mol. The first-order chi connectivity index (χ1) is 11.8. The summed E-state index contributed by atoms with van der Waals surface area (Å²) in [7, 11) is 0. The van der Waals surface area contributed by atoms with Crippen molar-refractivity contribution in [2.24, 2.45) is 0 Å². The quantitative estimate of drug-likeness (QED) is 0.802. The molecule has 122 valence electrons. The Morgan fingerprint density at radius 1 is 1.12 bits per heavy atom. The van der Waals surface area contributed by atoms with E-state index in [0.717, 1.165) is 37.2 Å². The van der Waals surface area contributed by atoms with E-state index in [9.17, 15) is 4.79 Å². The molecular weight excluding hydrogens is 300 g/mol. The number of carbonyl (C=O) groups excluding carboxylic acids is 1. The minimum absolute atomic E-state index is 0.0858. The van der Waals surface area contributed by atoms with E-state index in [2.05, 4.69) is 22.5 Å². The Morgan fingerprint density at radius 2 is 2.00 bits per heavy atom. The van der Waals surface area contributed by atoms with E-state index in [0.29, 0.717) is 12.2 Å². The first-order valence-corrected chi connectivity index (χ1v) is 8.36. The second-order valence-corrected chi connectivity index (χ2v) is 6.15. The maximum absolute atomic E-state index is 12.7. The zero-order valence-corrected chi connectivity index (χ0v) is 13.5. The molecule has 1 N–H and O–H groups in total. The van der Waals surface area contributed by atoms with Crippen molar-refractivity contribution in [3.05, 3.63) is 71.8 Å². The molecule has 2 aromatic heterocycles. The number of aromatic nitrogens is 3. The molecule has 0 fully saturated rings. The third kappa shape index (κ3) is 2.85. The van der Waals surface area contributed by atoms with E-state index >= 15 is 0 Å². The number of benzene rings is 1. The van der Waals surface area contributed by atoms with Crippen LogP contribution < -0.4 is 5.32 Å². The van der Waals surface area contributed by atoms with Crippen molar-refractivity contribution in [1.82, 2.24) is 14.3 Å². The van der Waals surface area contributed by atoms with Crippen molar-refractivity contribution in [2.75, 3.05) is 5.32 Å². The molecule has 5 nitrogen and oxygen atoms in total. The molecule has 0 aliphatic carbocycles. The third-order valence-electron chi connectivity index (χ3n) is 4.49. The van der Waals surface area contributed by atoms with E-state index in [1.807, 2.05) is 45.8 Å². The molecule has 0 saturated carbocycles. The van der Waals surface area contributed by atoms with Gasteiger partial charge < -0.3 is 9.88 Å². The van der Waals surface area contributed by atoms with Crippen LogP contribution in [0.2, 0.25) is 0 Å². The summed E-state index contributed by atoms with van der Waals surface area (Å²) < 4.78 is 3.97. The number of hydrogen-bond acceptors (Lipinski definition) is 2. The fourth-order valence-corrected chi connectivity index (χ4v) is 3.25. The number of aryl methyl sites for hydroxylation is 1. The summed E-state index contributed by atoms with van der Waals surface area (Å²) in [6.07, 6.45) is 6.99. The molecule has 4 rings (SSSR count). The predicted octanol–water partition coefficient (Wildman–Crippen LogP) is 3.32. The van der Waals surface area contributed by atoms with Crippen molar-refractivity contribution >= 4 is 11.6 Å². The zero-order chi connectivity index (χ0) is 16.4. The van der Waals surface area contributed by atoms with E-state index in [1.54, 1.807) is 6.20 Å². The molecule has 0 radical (unpaired) electrons. The molecule has 1 aliphatic rings. The van der Waals surface area contributed by atoms with Crippen LogP contribution in [0, 0.1) is 0 Å². The van der Waals surface area contributed by atoms with Crippen LogP contribution in [0.4, 0.5) is 5.69 Å². The van der Waals surface area contributed by atoms with Gasteiger partial charge in [-0.1, -0.05) is 30.3 Å². The maximum Gasteiger partial charge on any atom is 0.272 e. The number of nitrogens with zero attached hydrogens (tertiary/aromatic N) is 3. The largest absolute Gasteiger partial charge is 0.339 e. The predicted molar refractivity (Wildman–Crippen MR) is 93.1 cm³/mol. The number of amides is 1. The van der Waals surface area contributed by atoms with Crippen LogP contribution >= 0.6 is 0 Å². The van der Waals surface area contributed by atoms with Crippen molar-refractivity contribution in [2.45, 2.75) is 32.4 Å². The maximum atomic E-state index is 12.7. The fourth-order valence-electron chi connectivity index (χ4n) is 3.25. The highest BCUT2D eigenvalue weighted by Gasteiger charge is 2.18. The molecule has 1 amide bonds. The van der Waals surface area contributed by atoms with Gasteiger partial charge in [0.25, 0.3) is 5.91 Å².